The number of rotatable bonds is 5. The summed E-state index contributed by atoms with van der Waals surface area (Å²) in [6.07, 6.45) is 5.72. The third-order valence-electron chi connectivity index (χ3n) is 4.56. The molecule has 0 bridgehead atoms. The van der Waals surface area contributed by atoms with E-state index in [4.69, 9.17) is 4.74 Å². The summed E-state index contributed by atoms with van der Waals surface area (Å²) in [5, 5.41) is 3.83. The van der Waals surface area contributed by atoms with Gasteiger partial charge >= 0.3 is 0 Å². The maximum atomic E-state index is 5.82. The fraction of sp³-hybridized carbons (Fsp3) is 1.00. The molecule has 0 amide bonds. The van der Waals surface area contributed by atoms with E-state index in [0.717, 1.165) is 12.5 Å². The van der Waals surface area contributed by atoms with E-state index >= 15 is 0 Å². The average molecular weight is 225 g/mol. The van der Waals surface area contributed by atoms with Gasteiger partial charge in [0.2, 0.25) is 0 Å². The summed E-state index contributed by atoms with van der Waals surface area (Å²) in [7, 11) is 0. The zero-order valence-corrected chi connectivity index (χ0v) is 11.3. The summed E-state index contributed by atoms with van der Waals surface area (Å²) < 4.78 is 5.82. The van der Waals surface area contributed by atoms with Gasteiger partial charge in [0, 0.05) is 30.0 Å². The van der Waals surface area contributed by atoms with E-state index in [9.17, 15) is 0 Å². The van der Waals surface area contributed by atoms with Crippen LogP contribution in [-0.4, -0.2) is 24.8 Å². The van der Waals surface area contributed by atoms with E-state index in [0.29, 0.717) is 23.6 Å². The number of unbranched alkanes of at least 4 members (excludes halogenated alkanes) is 1. The monoisotopic (exact) mass is 225 g/mol. The van der Waals surface area contributed by atoms with Crippen LogP contribution in [0.15, 0.2) is 0 Å². The summed E-state index contributed by atoms with van der Waals surface area (Å²) in [5.41, 5.74) is 0.335. The highest BCUT2D eigenvalue weighted by atomic mass is 16.5. The van der Waals surface area contributed by atoms with E-state index in [1.54, 1.807) is 0 Å². The lowest BCUT2D eigenvalue weighted by atomic mass is 9.57. The lowest BCUT2D eigenvalue weighted by Crippen LogP contribution is -2.67. The molecule has 2 fully saturated rings. The van der Waals surface area contributed by atoms with Crippen LogP contribution in [0.2, 0.25) is 0 Å². The third kappa shape index (κ3) is 2.02. The molecule has 1 aliphatic carbocycles. The van der Waals surface area contributed by atoms with E-state index in [-0.39, 0.29) is 0 Å². The molecule has 2 aliphatic rings. The first kappa shape index (κ1) is 12.4. The zero-order chi connectivity index (χ0) is 11.8. The molecule has 94 valence electrons. The predicted octanol–water partition coefficient (Wildman–Crippen LogP) is 2.97. The van der Waals surface area contributed by atoms with E-state index in [2.05, 4.69) is 33.0 Å². The van der Waals surface area contributed by atoms with Crippen molar-refractivity contribution >= 4 is 0 Å². The highest BCUT2D eigenvalue weighted by Gasteiger charge is 2.59. The Kier molecular flexibility index (Phi) is 3.60. The van der Waals surface area contributed by atoms with Gasteiger partial charge in [0.1, 0.15) is 0 Å². The van der Waals surface area contributed by atoms with Gasteiger partial charge in [-0.25, -0.2) is 0 Å². The molecule has 2 nitrogen and oxygen atoms in total. The number of ether oxygens (including phenoxy) is 1. The van der Waals surface area contributed by atoms with E-state index in [1.165, 1.54) is 25.7 Å². The van der Waals surface area contributed by atoms with Crippen LogP contribution in [-0.2, 0) is 4.74 Å². The highest BCUT2D eigenvalue weighted by Crippen LogP contribution is 2.52. The number of nitrogens with one attached hydrogen (secondary N) is 1. The third-order valence-corrected chi connectivity index (χ3v) is 4.56. The van der Waals surface area contributed by atoms with Crippen LogP contribution in [0.3, 0.4) is 0 Å². The quantitative estimate of drug-likeness (QED) is 0.776. The van der Waals surface area contributed by atoms with Crippen molar-refractivity contribution in [1.82, 2.24) is 5.32 Å². The van der Waals surface area contributed by atoms with Gasteiger partial charge in [-0.3, -0.25) is 0 Å². The lowest BCUT2D eigenvalue weighted by molar-refractivity contribution is -0.115. The Morgan fingerprint density at radius 2 is 2.19 bits per heavy atom. The summed E-state index contributed by atoms with van der Waals surface area (Å²) in [6, 6.07) is 1.33. The average Bonchev–Trinajstić information content (AvgIpc) is 2.69. The first-order chi connectivity index (χ1) is 7.57. The Hall–Kier alpha value is -0.0800. The summed E-state index contributed by atoms with van der Waals surface area (Å²) in [6.45, 7) is 10.3. The van der Waals surface area contributed by atoms with Crippen LogP contribution in [0.5, 0.6) is 0 Å². The van der Waals surface area contributed by atoms with Gasteiger partial charge in [0.05, 0.1) is 6.10 Å². The standard InChI is InChI=1S/C14H27NO/c1-5-6-7-10(2)15-12-11-8-9-16-13(11)14(12,3)4/h10-13,15H,5-9H2,1-4H3. The smallest absolute Gasteiger partial charge is 0.0685 e. The number of hydrogen-bond acceptors (Lipinski definition) is 2. The zero-order valence-electron chi connectivity index (χ0n) is 11.3. The van der Waals surface area contributed by atoms with Crippen LogP contribution in [0.1, 0.15) is 53.4 Å². The van der Waals surface area contributed by atoms with Gasteiger partial charge in [-0.2, -0.15) is 0 Å². The molecule has 0 radical (unpaired) electrons. The van der Waals surface area contributed by atoms with Crippen molar-refractivity contribution in [2.75, 3.05) is 6.61 Å². The maximum Gasteiger partial charge on any atom is 0.0685 e. The van der Waals surface area contributed by atoms with E-state index < -0.39 is 0 Å². The molecule has 0 aromatic rings. The molecule has 1 heterocycles. The summed E-state index contributed by atoms with van der Waals surface area (Å²) >= 11 is 0. The molecule has 0 aromatic carbocycles. The molecule has 16 heavy (non-hydrogen) atoms. The topological polar surface area (TPSA) is 21.3 Å². The minimum atomic E-state index is 0.335. The number of hydrogen-bond donors (Lipinski definition) is 1. The fourth-order valence-electron chi connectivity index (χ4n) is 3.56. The van der Waals surface area contributed by atoms with Crippen molar-refractivity contribution in [3.05, 3.63) is 0 Å². The second kappa shape index (κ2) is 4.66. The Labute approximate surface area is 100 Å². The van der Waals surface area contributed by atoms with Crippen molar-refractivity contribution in [2.24, 2.45) is 11.3 Å². The van der Waals surface area contributed by atoms with Crippen molar-refractivity contribution in [1.29, 1.82) is 0 Å². The molecule has 1 saturated carbocycles. The van der Waals surface area contributed by atoms with Crippen molar-refractivity contribution < 1.29 is 4.74 Å². The van der Waals surface area contributed by atoms with Gasteiger partial charge in [-0.15, -0.1) is 0 Å². The largest absolute Gasteiger partial charge is 0.377 e. The van der Waals surface area contributed by atoms with Gasteiger partial charge in [0.15, 0.2) is 0 Å². The minimum Gasteiger partial charge on any atom is -0.377 e. The van der Waals surface area contributed by atoms with Crippen LogP contribution < -0.4 is 5.32 Å². The minimum absolute atomic E-state index is 0.335. The predicted molar refractivity (Wildman–Crippen MR) is 67.5 cm³/mol. The van der Waals surface area contributed by atoms with E-state index in [1.807, 2.05) is 0 Å². The van der Waals surface area contributed by atoms with Gasteiger partial charge in [-0.1, -0.05) is 33.6 Å². The Bertz CT molecular complexity index is 239. The second-order valence-electron chi connectivity index (χ2n) is 6.25. The van der Waals surface area contributed by atoms with Crippen molar-refractivity contribution in [3.8, 4) is 0 Å². The highest BCUT2D eigenvalue weighted by molar-refractivity contribution is 5.11. The van der Waals surface area contributed by atoms with Gasteiger partial charge in [-0.05, 0) is 19.8 Å². The van der Waals surface area contributed by atoms with Crippen LogP contribution >= 0.6 is 0 Å². The number of fused-ring (bicyclic) bond motifs is 1. The van der Waals surface area contributed by atoms with Crippen molar-refractivity contribution in [3.63, 3.8) is 0 Å². The molecular formula is C14H27NO. The Balaban J connectivity index is 1.85. The summed E-state index contributed by atoms with van der Waals surface area (Å²) in [4.78, 5) is 0. The molecule has 4 atom stereocenters. The second-order valence-corrected chi connectivity index (χ2v) is 6.25. The molecule has 0 aromatic heterocycles. The molecule has 1 aliphatic heterocycles. The first-order valence-corrected chi connectivity index (χ1v) is 6.95. The maximum absolute atomic E-state index is 5.82. The molecule has 1 saturated heterocycles. The van der Waals surface area contributed by atoms with Crippen LogP contribution in [0, 0.1) is 11.3 Å². The molecule has 0 spiro atoms. The first-order valence-electron chi connectivity index (χ1n) is 6.95. The van der Waals surface area contributed by atoms with Gasteiger partial charge in [0.25, 0.3) is 0 Å². The molecule has 4 unspecified atom stereocenters. The lowest BCUT2D eigenvalue weighted by Gasteiger charge is -2.55. The fourth-order valence-corrected chi connectivity index (χ4v) is 3.56. The van der Waals surface area contributed by atoms with Gasteiger partial charge < -0.3 is 10.1 Å². The summed E-state index contributed by atoms with van der Waals surface area (Å²) in [5.74, 6) is 0.777. The Morgan fingerprint density at radius 3 is 2.88 bits per heavy atom. The SMILES string of the molecule is CCCCC(C)NC1C2CCOC2C1(C)C. The molecule has 2 rings (SSSR count). The normalized spacial score (nSPS) is 37.9. The van der Waals surface area contributed by atoms with Crippen LogP contribution in [0.4, 0.5) is 0 Å². The molecular weight excluding hydrogens is 198 g/mol. The van der Waals surface area contributed by atoms with Crippen LogP contribution in [0.25, 0.3) is 0 Å². The molecule has 2 heteroatoms. The molecule has 1 N–H and O–H groups in total. The Morgan fingerprint density at radius 1 is 1.44 bits per heavy atom. The van der Waals surface area contributed by atoms with Crippen molar-refractivity contribution in [2.45, 2.75) is 71.6 Å².